The zero-order chi connectivity index (χ0) is 12.3. The number of phenols is 1. The highest BCUT2D eigenvalue weighted by Gasteiger charge is 2.05. The van der Waals surface area contributed by atoms with E-state index >= 15 is 0 Å². The van der Waals surface area contributed by atoms with Gasteiger partial charge in [0.05, 0.1) is 0 Å². The minimum absolute atomic E-state index is 0.171. The van der Waals surface area contributed by atoms with Crippen LogP contribution >= 0.6 is 23.2 Å². The van der Waals surface area contributed by atoms with Gasteiger partial charge in [-0.2, -0.15) is 0 Å². The predicted molar refractivity (Wildman–Crippen MR) is 69.7 cm³/mol. The van der Waals surface area contributed by atoms with Gasteiger partial charge in [0.25, 0.3) is 0 Å². The Hall–Kier alpha value is -1.45. The maximum Gasteiger partial charge on any atom is 0.131 e. The molecule has 1 aromatic carbocycles. The summed E-state index contributed by atoms with van der Waals surface area (Å²) in [6, 6.07) is 8.53. The molecular formula is C12H10Cl2N2O. The summed E-state index contributed by atoms with van der Waals surface area (Å²) in [4.78, 5) is 3.88. The number of nitrogens with zero attached hydrogens (tertiary/aromatic N) is 1. The van der Waals surface area contributed by atoms with Crippen LogP contribution in [0.4, 0.5) is 5.69 Å². The Kier molecular flexibility index (Phi) is 3.71. The molecule has 0 unspecified atom stereocenters. The molecule has 0 radical (unpaired) electrons. The summed E-state index contributed by atoms with van der Waals surface area (Å²) in [5, 5.41) is 13.7. The van der Waals surface area contributed by atoms with Gasteiger partial charge in [0.2, 0.25) is 0 Å². The first kappa shape index (κ1) is 12.0. The second kappa shape index (κ2) is 5.25. The smallest absolute Gasteiger partial charge is 0.131 e. The molecule has 2 N–H and O–H groups in total. The number of nitrogens with one attached hydrogen (secondary N) is 1. The lowest BCUT2D eigenvalue weighted by atomic mass is 10.2. The van der Waals surface area contributed by atoms with Crippen molar-refractivity contribution in [2.24, 2.45) is 0 Å². The first-order valence-electron chi connectivity index (χ1n) is 4.98. The van der Waals surface area contributed by atoms with E-state index in [1.165, 1.54) is 0 Å². The van der Waals surface area contributed by atoms with E-state index in [1.807, 2.05) is 0 Å². The van der Waals surface area contributed by atoms with Gasteiger partial charge in [-0.3, -0.25) is 0 Å². The maximum atomic E-state index is 9.66. The molecule has 17 heavy (non-hydrogen) atoms. The lowest BCUT2D eigenvalue weighted by Gasteiger charge is -2.09. The number of hydrogen-bond donors (Lipinski definition) is 2. The summed E-state index contributed by atoms with van der Waals surface area (Å²) in [5.74, 6) is 0.171. The van der Waals surface area contributed by atoms with E-state index in [2.05, 4.69) is 10.3 Å². The predicted octanol–water partition coefficient (Wildman–Crippen LogP) is 3.71. The van der Waals surface area contributed by atoms with Crippen molar-refractivity contribution in [1.82, 2.24) is 4.98 Å². The van der Waals surface area contributed by atoms with Crippen LogP contribution < -0.4 is 5.32 Å². The van der Waals surface area contributed by atoms with Gasteiger partial charge in [-0.15, -0.1) is 0 Å². The molecule has 3 nitrogen and oxygen atoms in total. The number of phenolic OH excluding ortho intramolecular Hbond substituents is 1. The summed E-state index contributed by atoms with van der Waals surface area (Å²) in [6.45, 7) is 0.422. The van der Waals surface area contributed by atoms with Gasteiger partial charge < -0.3 is 10.4 Å². The van der Waals surface area contributed by atoms with Gasteiger partial charge in [-0.1, -0.05) is 29.3 Å². The number of aromatic nitrogens is 1. The van der Waals surface area contributed by atoms with E-state index in [9.17, 15) is 5.11 Å². The normalized spacial score (nSPS) is 10.2. The summed E-state index contributed by atoms with van der Waals surface area (Å²) in [5.41, 5.74) is 1.48. The van der Waals surface area contributed by atoms with Crippen molar-refractivity contribution >= 4 is 28.9 Å². The van der Waals surface area contributed by atoms with Crippen LogP contribution in [0.25, 0.3) is 0 Å². The minimum Gasteiger partial charge on any atom is -0.508 e. The molecule has 0 aliphatic heterocycles. The van der Waals surface area contributed by atoms with Gasteiger partial charge >= 0.3 is 0 Å². The molecule has 0 aliphatic rings. The van der Waals surface area contributed by atoms with E-state index in [0.29, 0.717) is 22.3 Å². The molecular weight excluding hydrogens is 259 g/mol. The number of anilines is 1. The molecule has 1 heterocycles. The van der Waals surface area contributed by atoms with Crippen LogP contribution in [0.2, 0.25) is 10.2 Å². The number of benzene rings is 1. The lowest BCUT2D eigenvalue weighted by molar-refractivity contribution is 0.469. The van der Waals surface area contributed by atoms with Crippen molar-refractivity contribution in [2.45, 2.75) is 6.54 Å². The zero-order valence-corrected chi connectivity index (χ0v) is 10.3. The summed E-state index contributed by atoms with van der Waals surface area (Å²) >= 11 is 11.8. The summed E-state index contributed by atoms with van der Waals surface area (Å²) in [7, 11) is 0. The second-order valence-electron chi connectivity index (χ2n) is 3.46. The molecule has 0 amide bonds. The fourth-order valence-electron chi connectivity index (χ4n) is 1.43. The van der Waals surface area contributed by atoms with Gasteiger partial charge in [0.15, 0.2) is 0 Å². The molecule has 88 valence electrons. The standard InChI is InChI=1S/C12H10Cl2N2O/c13-10-2-1-3-11(17)9(10)7-16-8-4-5-15-12(14)6-8/h1-6,17H,7H2,(H,15,16). The number of pyridine rings is 1. The van der Waals surface area contributed by atoms with Crippen LogP contribution in [0, 0.1) is 0 Å². The van der Waals surface area contributed by atoms with Crippen molar-refractivity contribution in [1.29, 1.82) is 0 Å². The molecule has 0 fully saturated rings. The third-order valence-corrected chi connectivity index (χ3v) is 2.85. The minimum atomic E-state index is 0.171. The first-order valence-corrected chi connectivity index (χ1v) is 5.74. The van der Waals surface area contributed by atoms with Crippen molar-refractivity contribution in [3.8, 4) is 5.75 Å². The molecule has 2 rings (SSSR count). The molecule has 0 bridgehead atoms. The average Bonchev–Trinajstić information content (AvgIpc) is 2.28. The molecule has 0 spiro atoms. The quantitative estimate of drug-likeness (QED) is 0.835. The highest BCUT2D eigenvalue weighted by Crippen LogP contribution is 2.26. The second-order valence-corrected chi connectivity index (χ2v) is 4.25. The first-order chi connectivity index (χ1) is 8.16. The Labute approximate surface area is 109 Å². The van der Waals surface area contributed by atoms with Crippen LogP contribution in [0.3, 0.4) is 0 Å². The third kappa shape index (κ3) is 3.02. The largest absolute Gasteiger partial charge is 0.508 e. The molecule has 0 aliphatic carbocycles. The Morgan fingerprint density at radius 1 is 1.24 bits per heavy atom. The number of rotatable bonds is 3. The Bertz CT molecular complexity index is 511. The van der Waals surface area contributed by atoms with Gasteiger partial charge in [-0.25, -0.2) is 4.98 Å². The topological polar surface area (TPSA) is 45.1 Å². The van der Waals surface area contributed by atoms with Gasteiger partial charge in [0, 0.05) is 29.0 Å². The van der Waals surface area contributed by atoms with E-state index in [4.69, 9.17) is 23.2 Å². The maximum absolute atomic E-state index is 9.66. The molecule has 5 heteroatoms. The van der Waals surface area contributed by atoms with Crippen LogP contribution in [-0.2, 0) is 6.54 Å². The number of halogens is 2. The third-order valence-electron chi connectivity index (χ3n) is 2.29. The van der Waals surface area contributed by atoms with E-state index < -0.39 is 0 Å². The van der Waals surface area contributed by atoms with Crippen molar-refractivity contribution in [3.05, 3.63) is 52.3 Å². The monoisotopic (exact) mass is 268 g/mol. The number of hydrogen-bond acceptors (Lipinski definition) is 3. The van der Waals surface area contributed by atoms with Crippen LogP contribution in [-0.4, -0.2) is 10.1 Å². The zero-order valence-electron chi connectivity index (χ0n) is 8.82. The fraction of sp³-hybridized carbons (Fsp3) is 0.0833. The Morgan fingerprint density at radius 2 is 2.06 bits per heavy atom. The van der Waals surface area contributed by atoms with Crippen LogP contribution in [0.15, 0.2) is 36.5 Å². The van der Waals surface area contributed by atoms with Gasteiger partial charge in [0.1, 0.15) is 10.9 Å². The SMILES string of the molecule is Oc1cccc(Cl)c1CNc1ccnc(Cl)c1. The van der Waals surface area contributed by atoms with Crippen LogP contribution in [0.1, 0.15) is 5.56 Å². The fourth-order valence-corrected chi connectivity index (χ4v) is 1.84. The summed E-state index contributed by atoms with van der Waals surface area (Å²) < 4.78 is 0. The summed E-state index contributed by atoms with van der Waals surface area (Å²) in [6.07, 6.45) is 1.61. The highest BCUT2D eigenvalue weighted by molar-refractivity contribution is 6.31. The van der Waals surface area contributed by atoms with Crippen molar-refractivity contribution < 1.29 is 5.11 Å². The van der Waals surface area contributed by atoms with E-state index in [0.717, 1.165) is 5.69 Å². The Morgan fingerprint density at radius 3 is 2.76 bits per heavy atom. The molecule has 0 saturated carbocycles. The van der Waals surface area contributed by atoms with Crippen molar-refractivity contribution in [2.75, 3.05) is 5.32 Å². The van der Waals surface area contributed by atoms with Crippen molar-refractivity contribution in [3.63, 3.8) is 0 Å². The number of aromatic hydroxyl groups is 1. The van der Waals surface area contributed by atoms with E-state index in [-0.39, 0.29) is 5.75 Å². The molecule has 0 atom stereocenters. The van der Waals surface area contributed by atoms with Crippen LogP contribution in [0.5, 0.6) is 5.75 Å². The average molecular weight is 269 g/mol. The molecule has 0 saturated heterocycles. The lowest BCUT2D eigenvalue weighted by Crippen LogP contribution is -2.00. The molecule has 1 aromatic heterocycles. The van der Waals surface area contributed by atoms with E-state index in [1.54, 1.807) is 36.5 Å². The highest BCUT2D eigenvalue weighted by atomic mass is 35.5. The Balaban J connectivity index is 2.13. The van der Waals surface area contributed by atoms with Gasteiger partial charge in [-0.05, 0) is 24.3 Å². The molecule has 2 aromatic rings.